The van der Waals surface area contributed by atoms with Crippen molar-refractivity contribution in [2.75, 3.05) is 0 Å². The number of hydrogen-bond donors (Lipinski definition) is 0. The van der Waals surface area contributed by atoms with Crippen LogP contribution in [0.5, 0.6) is 0 Å². The number of aromatic nitrogens is 1. The van der Waals surface area contributed by atoms with Gasteiger partial charge in [0.15, 0.2) is 0 Å². The van der Waals surface area contributed by atoms with E-state index in [0.717, 1.165) is 11.3 Å². The molecule has 1 N–H and O–H groups in total. The molecule has 0 fully saturated rings. The van der Waals surface area contributed by atoms with Crippen LogP contribution in [-0.2, 0) is 0 Å². The first-order valence-corrected chi connectivity index (χ1v) is 4.25. The van der Waals surface area contributed by atoms with Crippen LogP contribution < -0.4 is 5.73 Å². The molecule has 6 heteroatoms. The van der Waals surface area contributed by atoms with Crippen molar-refractivity contribution in [2.45, 2.75) is 0 Å². The highest BCUT2D eigenvalue weighted by molar-refractivity contribution is 7.21. The summed E-state index contributed by atoms with van der Waals surface area (Å²) in [5.41, 5.74) is 7.92. The van der Waals surface area contributed by atoms with Crippen LogP contribution in [0.25, 0.3) is 10.2 Å². The third-order valence-electron chi connectivity index (χ3n) is 1.58. The second-order valence-electron chi connectivity index (χ2n) is 2.43. The zero-order valence-corrected chi connectivity index (χ0v) is 7.17. The van der Waals surface area contributed by atoms with E-state index in [1.165, 1.54) is 12.1 Å². The maximum Gasteiger partial charge on any atom is 0.270 e. The highest BCUT2D eigenvalue weighted by Crippen LogP contribution is 2.27. The van der Waals surface area contributed by atoms with Gasteiger partial charge in [-0.05, 0) is 6.07 Å². The molecule has 1 radical (unpaired) electrons. The standard InChI is InChI=1S/C7H4N3O2S/c8-7-9-5-2-1-4(10(11)12)3-6(5)13-7/h1-3,8H. The van der Waals surface area contributed by atoms with Crippen molar-refractivity contribution in [3.63, 3.8) is 0 Å². The van der Waals surface area contributed by atoms with Crippen molar-refractivity contribution in [1.29, 1.82) is 0 Å². The van der Waals surface area contributed by atoms with Crippen molar-refractivity contribution >= 4 is 32.4 Å². The Hall–Kier alpha value is -1.69. The maximum atomic E-state index is 10.4. The molecule has 0 amide bonds. The van der Waals surface area contributed by atoms with Crippen LogP contribution in [0.3, 0.4) is 0 Å². The first-order chi connectivity index (χ1) is 6.16. The van der Waals surface area contributed by atoms with Crippen molar-refractivity contribution in [3.05, 3.63) is 28.3 Å². The lowest BCUT2D eigenvalue weighted by atomic mass is 10.3. The van der Waals surface area contributed by atoms with Gasteiger partial charge in [0.2, 0.25) is 5.13 Å². The maximum absolute atomic E-state index is 10.4. The van der Waals surface area contributed by atoms with Gasteiger partial charge in [-0.1, -0.05) is 11.3 Å². The Morgan fingerprint density at radius 3 is 3.00 bits per heavy atom. The van der Waals surface area contributed by atoms with Gasteiger partial charge in [-0.3, -0.25) is 15.8 Å². The lowest BCUT2D eigenvalue weighted by Gasteiger charge is -1.88. The summed E-state index contributed by atoms with van der Waals surface area (Å²) in [5, 5.41) is 10.6. The average molecular weight is 194 g/mol. The Bertz CT molecular complexity index is 480. The number of benzene rings is 1. The third kappa shape index (κ3) is 1.31. The third-order valence-corrected chi connectivity index (χ3v) is 2.41. The van der Waals surface area contributed by atoms with Gasteiger partial charge in [-0.2, -0.15) is 0 Å². The smallest absolute Gasteiger partial charge is 0.270 e. The molecule has 0 saturated heterocycles. The van der Waals surface area contributed by atoms with Gasteiger partial charge in [-0.15, -0.1) is 0 Å². The molecule has 0 aliphatic rings. The zero-order valence-electron chi connectivity index (χ0n) is 6.35. The second kappa shape index (κ2) is 2.67. The quantitative estimate of drug-likeness (QED) is 0.515. The molecule has 1 heterocycles. The number of nitrogens with one attached hydrogen (secondary N) is 1. The largest absolute Gasteiger partial charge is 0.274 e. The molecule has 65 valence electrons. The van der Waals surface area contributed by atoms with Crippen LogP contribution in [0.1, 0.15) is 0 Å². The molecule has 2 aromatic rings. The van der Waals surface area contributed by atoms with Gasteiger partial charge in [0.1, 0.15) is 0 Å². The predicted octanol–water partition coefficient (Wildman–Crippen LogP) is 2.12. The molecule has 0 bridgehead atoms. The van der Waals surface area contributed by atoms with E-state index in [2.05, 4.69) is 4.98 Å². The van der Waals surface area contributed by atoms with E-state index in [1.54, 1.807) is 6.07 Å². The van der Waals surface area contributed by atoms with Gasteiger partial charge in [0, 0.05) is 12.1 Å². The SMILES string of the molecule is [NH]c1nc2ccc([N+](=O)[O-])cc2s1. The van der Waals surface area contributed by atoms with Gasteiger partial charge in [0.25, 0.3) is 5.69 Å². The molecule has 13 heavy (non-hydrogen) atoms. The van der Waals surface area contributed by atoms with Gasteiger partial charge in [-0.25, -0.2) is 4.98 Å². The van der Waals surface area contributed by atoms with Crippen LogP contribution in [0.2, 0.25) is 0 Å². The van der Waals surface area contributed by atoms with Crippen LogP contribution in [0.4, 0.5) is 10.8 Å². The monoisotopic (exact) mass is 194 g/mol. The topological polar surface area (TPSA) is 79.8 Å². The molecule has 0 unspecified atom stereocenters. The molecule has 5 nitrogen and oxygen atoms in total. The molecule has 0 aliphatic carbocycles. The highest BCUT2D eigenvalue weighted by atomic mass is 32.1. The summed E-state index contributed by atoms with van der Waals surface area (Å²) in [6, 6.07) is 4.38. The fraction of sp³-hybridized carbons (Fsp3) is 0. The molecular formula is C7H4N3O2S. The second-order valence-corrected chi connectivity index (χ2v) is 3.46. The summed E-state index contributed by atoms with van der Waals surface area (Å²) in [4.78, 5) is 13.8. The number of fused-ring (bicyclic) bond motifs is 1. The number of nitro benzene ring substituents is 1. The number of nitro groups is 1. The van der Waals surface area contributed by atoms with Crippen molar-refractivity contribution < 1.29 is 4.92 Å². The molecule has 2 rings (SSSR count). The Kier molecular flexibility index (Phi) is 1.63. The Labute approximate surface area is 77.0 Å². The van der Waals surface area contributed by atoms with Crippen LogP contribution in [0.15, 0.2) is 18.2 Å². The van der Waals surface area contributed by atoms with Crippen molar-refractivity contribution in [2.24, 2.45) is 0 Å². The molecule has 0 saturated carbocycles. The number of nitrogens with zero attached hydrogens (tertiary/aromatic N) is 2. The van der Waals surface area contributed by atoms with E-state index in [0.29, 0.717) is 10.2 Å². The summed E-state index contributed by atoms with van der Waals surface area (Å²) in [7, 11) is 0. The number of thiazole rings is 1. The van der Waals surface area contributed by atoms with E-state index in [4.69, 9.17) is 5.73 Å². The molecule has 1 aromatic carbocycles. The summed E-state index contributed by atoms with van der Waals surface area (Å²) in [6.07, 6.45) is 0. The number of hydrogen-bond acceptors (Lipinski definition) is 4. The van der Waals surface area contributed by atoms with Gasteiger partial charge < -0.3 is 0 Å². The van der Waals surface area contributed by atoms with E-state index in [1.807, 2.05) is 0 Å². The fourth-order valence-corrected chi connectivity index (χ4v) is 1.78. The lowest BCUT2D eigenvalue weighted by molar-refractivity contribution is -0.384. The molecule has 0 aliphatic heterocycles. The minimum Gasteiger partial charge on any atom is -0.274 e. The van der Waals surface area contributed by atoms with E-state index in [-0.39, 0.29) is 10.8 Å². The summed E-state index contributed by atoms with van der Waals surface area (Å²) >= 11 is 1.13. The average Bonchev–Trinajstić information content (AvgIpc) is 2.42. The summed E-state index contributed by atoms with van der Waals surface area (Å²) < 4.78 is 0.680. The van der Waals surface area contributed by atoms with Crippen molar-refractivity contribution in [1.82, 2.24) is 10.7 Å². The normalized spacial score (nSPS) is 10.5. The van der Waals surface area contributed by atoms with E-state index < -0.39 is 4.92 Å². The molecule has 1 aromatic heterocycles. The van der Waals surface area contributed by atoms with Crippen LogP contribution in [0, 0.1) is 10.1 Å². The molecular weight excluding hydrogens is 190 g/mol. The number of non-ortho nitro benzene ring substituents is 1. The van der Waals surface area contributed by atoms with Crippen LogP contribution in [-0.4, -0.2) is 9.91 Å². The summed E-state index contributed by atoms with van der Waals surface area (Å²) in [6.45, 7) is 0. The highest BCUT2D eigenvalue weighted by Gasteiger charge is 2.08. The minimum absolute atomic E-state index is 0.0381. The molecule has 0 spiro atoms. The van der Waals surface area contributed by atoms with E-state index in [9.17, 15) is 10.1 Å². The minimum atomic E-state index is -0.456. The van der Waals surface area contributed by atoms with Gasteiger partial charge in [0.05, 0.1) is 15.1 Å². The Morgan fingerprint density at radius 1 is 1.54 bits per heavy atom. The fourth-order valence-electron chi connectivity index (χ4n) is 1.03. The molecule has 0 atom stereocenters. The zero-order chi connectivity index (χ0) is 9.42. The predicted molar refractivity (Wildman–Crippen MR) is 49.0 cm³/mol. The van der Waals surface area contributed by atoms with Gasteiger partial charge >= 0.3 is 0 Å². The lowest BCUT2D eigenvalue weighted by Crippen LogP contribution is -1.85. The van der Waals surface area contributed by atoms with Crippen LogP contribution >= 0.6 is 11.3 Å². The first-order valence-electron chi connectivity index (χ1n) is 3.43. The Balaban J connectivity index is 2.67. The summed E-state index contributed by atoms with van der Waals surface area (Å²) in [5.74, 6) is 0. The number of rotatable bonds is 1. The Morgan fingerprint density at radius 2 is 2.31 bits per heavy atom. The van der Waals surface area contributed by atoms with Crippen molar-refractivity contribution in [3.8, 4) is 0 Å². The first kappa shape index (κ1) is 7.93. The van der Waals surface area contributed by atoms with E-state index >= 15 is 0 Å².